The van der Waals surface area contributed by atoms with Crippen LogP contribution in [0.5, 0.6) is 0 Å². The highest BCUT2D eigenvalue weighted by atomic mass is 14.9. The zero-order valence-corrected chi connectivity index (χ0v) is 53.5. The van der Waals surface area contributed by atoms with E-state index in [0.29, 0.717) is 0 Å². The topological polar surface area (TPSA) is 8.82 Å². The van der Waals surface area contributed by atoms with E-state index in [4.69, 9.17) is 0 Å². The van der Waals surface area contributed by atoms with Crippen molar-refractivity contribution in [1.29, 1.82) is 0 Å². The summed E-state index contributed by atoms with van der Waals surface area (Å²) in [5.41, 5.74) is 30.6. The van der Waals surface area contributed by atoms with Crippen molar-refractivity contribution in [2.24, 2.45) is 0 Å². The molecule has 15 aromatic rings. The molecule has 11 aromatic carbocycles. The Balaban J connectivity index is 1.04. The lowest BCUT2D eigenvalue weighted by Crippen LogP contribution is -2.22. The van der Waals surface area contributed by atoms with Crippen LogP contribution in [-0.2, 0) is 32.5 Å². The van der Waals surface area contributed by atoms with Gasteiger partial charge in [0.2, 0.25) is 0 Å². The van der Waals surface area contributed by atoms with Crippen molar-refractivity contribution < 1.29 is 0 Å². The average Bonchev–Trinajstić information content (AvgIpc) is 1.51. The standard InChI is InChI=1S/C86H76N2/c1-81(2,3)55-39-51(40-56(45-55)82(4,5)6)49-31-35-63-71(43-49)87-73-47-53(85(13)67-27-19-15-23-59(67)60-24-16-20-28-68(60)85)33-37-65(73)78-76-64-36-32-50(52-41-57(83(7,8)9)46-58(42-52)84(10,11)12)44-72(64)88-74-48-54(34-38-66(74)77(80(76)88)75(63)79(78)87)86(14)69-29-21-17-25-61(69)62-26-18-22-30-70(62)86/h15-48H,1-14H3. The summed E-state index contributed by atoms with van der Waals surface area (Å²) in [6, 6.07) is 81.2. The number of rotatable bonds is 4. The zero-order chi connectivity index (χ0) is 60.7. The Kier molecular flexibility index (Phi) is 10.5. The Bertz CT molecular complexity index is 5010. The summed E-state index contributed by atoms with van der Waals surface area (Å²) in [5.74, 6) is 0. The predicted octanol–water partition coefficient (Wildman–Crippen LogP) is 23.2. The molecule has 4 aromatic heterocycles. The molecule has 88 heavy (non-hydrogen) atoms. The van der Waals surface area contributed by atoms with Gasteiger partial charge in [-0.05, 0) is 160 Å². The molecule has 0 amide bonds. The fourth-order valence-electron chi connectivity index (χ4n) is 16.5. The molecule has 0 fully saturated rings. The number of hydrogen-bond donors (Lipinski definition) is 0. The first-order valence-electron chi connectivity index (χ1n) is 32.1. The lowest BCUT2D eigenvalue weighted by atomic mass is 9.74. The van der Waals surface area contributed by atoms with Crippen LogP contribution < -0.4 is 0 Å². The Morgan fingerprint density at radius 1 is 0.261 bits per heavy atom. The van der Waals surface area contributed by atoms with E-state index >= 15 is 0 Å². The monoisotopic (exact) mass is 1140 g/mol. The van der Waals surface area contributed by atoms with Gasteiger partial charge < -0.3 is 8.80 Å². The SMILES string of the molecule is CC(C)(C)c1cc(-c2ccc3c4c5c6ccc(C7(C)c8ccccc8-c8ccccc87)cc6n6c7cc(-c8cc(C(C)(C)C)cc(C(C)(C)C)c8)ccc7c(c7c8ccc(C9(C)c%10ccccc%10-c%10ccccc%109)cc8n(c3c2)c47)c56)cc(C(C)(C)C)c1. The average molecular weight is 1140 g/mol. The van der Waals surface area contributed by atoms with Gasteiger partial charge in [-0.15, -0.1) is 0 Å². The molecule has 430 valence electrons. The van der Waals surface area contributed by atoms with Gasteiger partial charge in [-0.25, -0.2) is 0 Å². The molecule has 0 aliphatic heterocycles. The Morgan fingerprint density at radius 3 is 0.807 bits per heavy atom. The van der Waals surface area contributed by atoms with Crippen molar-refractivity contribution in [1.82, 2.24) is 8.80 Å². The van der Waals surface area contributed by atoms with Gasteiger partial charge >= 0.3 is 0 Å². The molecule has 2 aliphatic rings. The van der Waals surface area contributed by atoms with Crippen LogP contribution in [0.3, 0.4) is 0 Å². The number of hydrogen-bond acceptors (Lipinski definition) is 0. The van der Waals surface area contributed by atoms with Crippen molar-refractivity contribution in [2.45, 2.75) is 129 Å². The molecule has 2 nitrogen and oxygen atoms in total. The van der Waals surface area contributed by atoms with Gasteiger partial charge in [0.25, 0.3) is 0 Å². The molecule has 0 bridgehead atoms. The van der Waals surface area contributed by atoms with Crippen LogP contribution in [0.4, 0.5) is 0 Å². The second-order valence-corrected chi connectivity index (χ2v) is 30.8. The summed E-state index contributed by atoms with van der Waals surface area (Å²) in [6.45, 7) is 33.1. The highest BCUT2D eigenvalue weighted by molar-refractivity contribution is 6.45. The minimum absolute atomic E-state index is 0.0234. The van der Waals surface area contributed by atoms with Crippen LogP contribution in [0.1, 0.15) is 153 Å². The maximum atomic E-state index is 2.70. The van der Waals surface area contributed by atoms with Crippen molar-refractivity contribution in [3.8, 4) is 44.5 Å². The summed E-state index contributed by atoms with van der Waals surface area (Å²) in [5, 5.41) is 10.5. The van der Waals surface area contributed by atoms with Crippen molar-refractivity contribution in [2.75, 3.05) is 0 Å². The molecule has 2 aliphatic carbocycles. The molecule has 0 saturated carbocycles. The van der Waals surface area contributed by atoms with E-state index in [9.17, 15) is 0 Å². The first kappa shape index (κ1) is 53.3. The fraction of sp³-hybridized carbons (Fsp3) is 0.233. The number of benzene rings is 11. The summed E-state index contributed by atoms with van der Waals surface area (Å²) < 4.78 is 5.41. The van der Waals surface area contributed by atoms with Gasteiger partial charge in [0.1, 0.15) is 0 Å². The second kappa shape index (κ2) is 17.4. The number of fused-ring (bicyclic) bond motifs is 20. The molecular weight excluding hydrogens is 1060 g/mol. The third-order valence-electron chi connectivity index (χ3n) is 21.5. The Hall–Kier alpha value is -8.98. The van der Waals surface area contributed by atoms with Gasteiger partial charge in [0.05, 0.1) is 33.1 Å². The molecule has 4 heterocycles. The molecule has 0 saturated heterocycles. The number of aromatic nitrogens is 2. The van der Waals surface area contributed by atoms with Crippen molar-refractivity contribution >= 4 is 76.2 Å². The lowest BCUT2D eigenvalue weighted by molar-refractivity contribution is 0.568. The molecule has 0 spiro atoms. The van der Waals surface area contributed by atoms with Gasteiger partial charge in [-0.3, -0.25) is 0 Å². The van der Waals surface area contributed by atoms with Gasteiger partial charge in [0.15, 0.2) is 0 Å². The Labute approximate surface area is 517 Å². The molecule has 0 N–H and O–H groups in total. The fourth-order valence-corrected chi connectivity index (χ4v) is 16.5. The first-order chi connectivity index (χ1) is 41.9. The molecule has 0 radical (unpaired) electrons. The van der Waals surface area contributed by atoms with E-state index < -0.39 is 0 Å². The summed E-state index contributed by atoms with van der Waals surface area (Å²) in [7, 11) is 0. The van der Waals surface area contributed by atoms with Gasteiger partial charge in [-0.2, -0.15) is 0 Å². The third kappa shape index (κ3) is 7.06. The lowest BCUT2D eigenvalue weighted by Gasteiger charge is -2.28. The highest BCUT2D eigenvalue weighted by Gasteiger charge is 2.43. The van der Waals surface area contributed by atoms with Crippen LogP contribution in [0.2, 0.25) is 0 Å². The summed E-state index contributed by atoms with van der Waals surface area (Å²) in [6.07, 6.45) is 0. The Morgan fingerprint density at radius 2 is 0.523 bits per heavy atom. The predicted molar refractivity (Wildman–Crippen MR) is 376 cm³/mol. The maximum Gasteiger partial charge on any atom is 0.0634 e. The number of nitrogens with zero attached hydrogens (tertiary/aromatic N) is 2. The normalized spacial score (nSPS) is 14.9. The minimum atomic E-state index is -0.371. The molecule has 0 atom stereocenters. The van der Waals surface area contributed by atoms with E-state index in [0.717, 1.165) is 0 Å². The molecular formula is C86H76N2. The smallest absolute Gasteiger partial charge is 0.0634 e. The van der Waals surface area contributed by atoms with E-state index in [1.165, 1.54) is 176 Å². The summed E-state index contributed by atoms with van der Waals surface area (Å²) >= 11 is 0. The minimum Gasteiger partial charge on any atom is -0.308 e. The van der Waals surface area contributed by atoms with Crippen LogP contribution in [0.15, 0.2) is 206 Å². The summed E-state index contributed by atoms with van der Waals surface area (Å²) in [4.78, 5) is 0. The third-order valence-corrected chi connectivity index (χ3v) is 21.5. The van der Waals surface area contributed by atoms with Crippen LogP contribution in [0, 0.1) is 0 Å². The molecule has 17 rings (SSSR count). The van der Waals surface area contributed by atoms with E-state index in [2.05, 4.69) is 312 Å². The second-order valence-electron chi connectivity index (χ2n) is 30.8. The van der Waals surface area contributed by atoms with E-state index in [-0.39, 0.29) is 32.5 Å². The quantitative estimate of drug-likeness (QED) is 0.166. The zero-order valence-electron chi connectivity index (χ0n) is 53.5. The first-order valence-corrected chi connectivity index (χ1v) is 32.1. The highest BCUT2D eigenvalue weighted by Crippen LogP contribution is 2.58. The van der Waals surface area contributed by atoms with Crippen molar-refractivity contribution in [3.63, 3.8) is 0 Å². The maximum absolute atomic E-state index is 2.70. The van der Waals surface area contributed by atoms with Crippen molar-refractivity contribution in [3.05, 3.63) is 262 Å². The van der Waals surface area contributed by atoms with Gasteiger partial charge in [0, 0.05) is 53.9 Å². The van der Waals surface area contributed by atoms with Gasteiger partial charge in [-0.1, -0.05) is 265 Å². The molecule has 0 unspecified atom stereocenters. The van der Waals surface area contributed by atoms with Crippen LogP contribution >= 0.6 is 0 Å². The molecule has 2 heteroatoms. The van der Waals surface area contributed by atoms with Crippen LogP contribution in [0.25, 0.3) is 121 Å². The van der Waals surface area contributed by atoms with E-state index in [1.54, 1.807) is 0 Å². The largest absolute Gasteiger partial charge is 0.308 e. The van der Waals surface area contributed by atoms with Crippen LogP contribution in [-0.4, -0.2) is 8.80 Å². The van der Waals surface area contributed by atoms with E-state index in [1.807, 2.05) is 0 Å².